The third kappa shape index (κ3) is 4.03. The van der Waals surface area contributed by atoms with Gasteiger partial charge in [0.2, 0.25) is 0 Å². The van der Waals surface area contributed by atoms with Crippen molar-refractivity contribution in [1.29, 1.82) is 0 Å². The number of H-pyrrole nitrogens is 1. The van der Waals surface area contributed by atoms with Crippen LogP contribution in [0.2, 0.25) is 0 Å². The summed E-state index contributed by atoms with van der Waals surface area (Å²) in [6.07, 6.45) is -4.17. The minimum Gasteiger partial charge on any atom is -0.496 e. The zero-order chi connectivity index (χ0) is 22.1. The van der Waals surface area contributed by atoms with Gasteiger partial charge in [0.25, 0.3) is 6.43 Å². The monoisotopic (exact) mass is 423 g/mol. The van der Waals surface area contributed by atoms with Crippen molar-refractivity contribution in [3.05, 3.63) is 65.1 Å². The molecule has 1 heterocycles. The first kappa shape index (κ1) is 22.2. The van der Waals surface area contributed by atoms with E-state index in [0.717, 1.165) is 28.6 Å². The van der Waals surface area contributed by atoms with Crippen LogP contribution >= 0.6 is 0 Å². The molecule has 2 atom stereocenters. The second-order valence-corrected chi connectivity index (χ2v) is 8.07. The molecular formula is C23H25F4NO2. The Kier molecular flexibility index (Phi) is 6.13. The summed E-state index contributed by atoms with van der Waals surface area (Å²) in [5.41, 5.74) is -2.06. The topological polar surface area (TPSA) is 45.2 Å². The lowest BCUT2D eigenvalue weighted by Crippen LogP contribution is -2.47. The summed E-state index contributed by atoms with van der Waals surface area (Å²) < 4.78 is 61.5. The highest BCUT2D eigenvalue weighted by molar-refractivity contribution is 5.84. The number of methoxy groups -OCH3 is 1. The molecular weight excluding hydrogens is 398 g/mol. The van der Waals surface area contributed by atoms with Gasteiger partial charge < -0.3 is 14.8 Å². The molecule has 2 unspecified atom stereocenters. The van der Waals surface area contributed by atoms with Crippen LogP contribution < -0.4 is 4.74 Å². The van der Waals surface area contributed by atoms with E-state index in [2.05, 4.69) is 4.98 Å². The van der Waals surface area contributed by atoms with Crippen LogP contribution in [-0.4, -0.2) is 35.9 Å². The lowest BCUT2D eigenvalue weighted by molar-refractivity contribution is -0.113. The SMILES string of the molecule is COc1ccc(F)cc1C(C)(CF)CC(O)(Cc1[nH]c2ccccc2c1C)C(F)F. The second kappa shape index (κ2) is 8.30. The zero-order valence-corrected chi connectivity index (χ0v) is 17.1. The molecule has 0 spiro atoms. The van der Waals surface area contributed by atoms with Gasteiger partial charge in [-0.05, 0) is 43.2 Å². The van der Waals surface area contributed by atoms with Gasteiger partial charge in [0.1, 0.15) is 17.2 Å². The quantitative estimate of drug-likeness (QED) is 0.471. The van der Waals surface area contributed by atoms with Gasteiger partial charge in [-0.1, -0.05) is 25.1 Å². The number of aliphatic hydroxyl groups is 1. The standard InChI is InChI=1S/C23H25F4NO2/c1-14-16-6-4-5-7-18(16)28-19(14)11-23(29,21(26)27)12-22(2,13-24)17-10-15(25)8-9-20(17)30-3/h4-10,21,28-29H,11-13H2,1-3H3. The molecule has 30 heavy (non-hydrogen) atoms. The number of aryl methyl sites for hydroxylation is 1. The fourth-order valence-corrected chi connectivity index (χ4v) is 4.08. The molecule has 0 amide bonds. The molecule has 1 aromatic heterocycles. The van der Waals surface area contributed by atoms with Crippen molar-refractivity contribution in [3.63, 3.8) is 0 Å². The maximum absolute atomic E-state index is 14.2. The minimum atomic E-state index is -3.14. The predicted molar refractivity (Wildman–Crippen MR) is 109 cm³/mol. The minimum absolute atomic E-state index is 0.0972. The zero-order valence-electron chi connectivity index (χ0n) is 17.1. The summed E-state index contributed by atoms with van der Waals surface area (Å²) in [5, 5.41) is 11.8. The molecule has 0 fully saturated rings. The molecule has 0 saturated carbocycles. The molecule has 2 N–H and O–H groups in total. The molecule has 162 valence electrons. The first-order valence-electron chi connectivity index (χ1n) is 9.60. The first-order chi connectivity index (χ1) is 14.1. The second-order valence-electron chi connectivity index (χ2n) is 8.07. The molecule has 3 aromatic rings. The van der Waals surface area contributed by atoms with E-state index in [4.69, 9.17) is 4.74 Å². The number of fused-ring (bicyclic) bond motifs is 1. The summed E-state index contributed by atoms with van der Waals surface area (Å²) in [6, 6.07) is 10.9. The van der Waals surface area contributed by atoms with Crippen LogP contribution in [0.15, 0.2) is 42.5 Å². The molecule has 2 aromatic carbocycles. The average molecular weight is 423 g/mol. The third-order valence-corrected chi connectivity index (χ3v) is 5.76. The Morgan fingerprint density at radius 2 is 1.87 bits per heavy atom. The van der Waals surface area contributed by atoms with Crippen LogP contribution in [0.3, 0.4) is 0 Å². The van der Waals surface area contributed by atoms with Crippen molar-refractivity contribution < 1.29 is 27.4 Å². The Balaban J connectivity index is 2.02. The van der Waals surface area contributed by atoms with Gasteiger partial charge in [-0.15, -0.1) is 0 Å². The number of alkyl halides is 3. The third-order valence-electron chi connectivity index (χ3n) is 5.76. The van der Waals surface area contributed by atoms with Gasteiger partial charge in [0.05, 0.1) is 13.8 Å². The number of hydrogen-bond donors (Lipinski definition) is 2. The van der Waals surface area contributed by atoms with Crippen LogP contribution in [0.1, 0.15) is 30.2 Å². The van der Waals surface area contributed by atoms with Gasteiger partial charge >= 0.3 is 0 Å². The van der Waals surface area contributed by atoms with Gasteiger partial charge in [0.15, 0.2) is 0 Å². The van der Waals surface area contributed by atoms with E-state index in [1.165, 1.54) is 20.1 Å². The van der Waals surface area contributed by atoms with Crippen LogP contribution in [0.25, 0.3) is 10.9 Å². The Bertz CT molecular complexity index is 1040. The van der Waals surface area contributed by atoms with E-state index in [9.17, 15) is 22.7 Å². The highest BCUT2D eigenvalue weighted by Gasteiger charge is 2.46. The lowest BCUT2D eigenvalue weighted by atomic mass is 9.72. The summed E-state index contributed by atoms with van der Waals surface area (Å²) >= 11 is 0. The molecule has 0 aliphatic carbocycles. The van der Waals surface area contributed by atoms with E-state index in [1.54, 1.807) is 6.92 Å². The molecule has 3 rings (SSSR count). The van der Waals surface area contributed by atoms with E-state index >= 15 is 0 Å². The maximum atomic E-state index is 14.2. The van der Waals surface area contributed by atoms with Crippen molar-refractivity contribution in [2.75, 3.05) is 13.8 Å². The van der Waals surface area contributed by atoms with E-state index in [0.29, 0.717) is 5.69 Å². The van der Waals surface area contributed by atoms with Crippen molar-refractivity contribution in [3.8, 4) is 5.75 Å². The number of hydrogen-bond acceptors (Lipinski definition) is 2. The number of rotatable bonds is 8. The molecule has 3 nitrogen and oxygen atoms in total. The number of para-hydroxylation sites is 1. The number of aromatic amines is 1. The Morgan fingerprint density at radius 1 is 1.17 bits per heavy atom. The van der Waals surface area contributed by atoms with Crippen molar-refractivity contribution in [1.82, 2.24) is 4.98 Å². The largest absolute Gasteiger partial charge is 0.496 e. The number of nitrogens with one attached hydrogen (secondary N) is 1. The number of halogens is 4. The van der Waals surface area contributed by atoms with E-state index in [1.807, 2.05) is 24.3 Å². The van der Waals surface area contributed by atoms with Crippen LogP contribution in [0.4, 0.5) is 17.6 Å². The molecule has 0 aliphatic heterocycles. The smallest absolute Gasteiger partial charge is 0.267 e. The lowest BCUT2D eigenvalue weighted by Gasteiger charge is -2.37. The predicted octanol–water partition coefficient (Wildman–Crippen LogP) is 5.48. The van der Waals surface area contributed by atoms with Gasteiger partial charge in [-0.25, -0.2) is 13.2 Å². The Hall–Kier alpha value is -2.54. The van der Waals surface area contributed by atoms with E-state index < -0.39 is 42.8 Å². The Morgan fingerprint density at radius 3 is 2.47 bits per heavy atom. The van der Waals surface area contributed by atoms with Crippen LogP contribution in [0, 0.1) is 12.7 Å². The fraction of sp³-hybridized carbons (Fsp3) is 0.391. The molecule has 0 radical (unpaired) electrons. The van der Waals surface area contributed by atoms with E-state index in [-0.39, 0.29) is 11.3 Å². The van der Waals surface area contributed by atoms with Gasteiger partial charge in [-0.2, -0.15) is 0 Å². The molecule has 0 bridgehead atoms. The number of aromatic nitrogens is 1. The van der Waals surface area contributed by atoms with Crippen LogP contribution in [-0.2, 0) is 11.8 Å². The Labute approximate surface area is 172 Å². The highest BCUT2D eigenvalue weighted by atomic mass is 19.3. The van der Waals surface area contributed by atoms with Crippen molar-refractivity contribution in [2.45, 2.75) is 44.1 Å². The molecule has 0 saturated heterocycles. The highest BCUT2D eigenvalue weighted by Crippen LogP contribution is 2.42. The first-order valence-corrected chi connectivity index (χ1v) is 9.60. The van der Waals surface area contributed by atoms with Gasteiger partial charge in [0, 0.05) is 34.0 Å². The summed E-state index contributed by atoms with van der Waals surface area (Å²) in [5.74, 6) is -0.465. The van der Waals surface area contributed by atoms with Crippen LogP contribution in [0.5, 0.6) is 5.75 Å². The number of ether oxygens (including phenoxy) is 1. The summed E-state index contributed by atoms with van der Waals surface area (Å²) in [4.78, 5) is 3.08. The normalized spacial score (nSPS) is 15.9. The van der Waals surface area contributed by atoms with Crippen molar-refractivity contribution in [2.24, 2.45) is 0 Å². The molecule has 7 heteroatoms. The fourth-order valence-electron chi connectivity index (χ4n) is 4.08. The summed E-state index contributed by atoms with van der Waals surface area (Å²) in [6.45, 7) is 2.09. The van der Waals surface area contributed by atoms with Crippen molar-refractivity contribution >= 4 is 10.9 Å². The average Bonchev–Trinajstić information content (AvgIpc) is 3.03. The maximum Gasteiger partial charge on any atom is 0.267 e. The van der Waals surface area contributed by atoms with Gasteiger partial charge in [-0.3, -0.25) is 4.39 Å². The summed E-state index contributed by atoms with van der Waals surface area (Å²) in [7, 11) is 1.34. The number of benzene rings is 2. The molecule has 0 aliphatic rings.